The van der Waals surface area contributed by atoms with Crippen LogP contribution < -0.4 is 10.6 Å². The second kappa shape index (κ2) is 6.73. The number of hydrogen-bond donors (Lipinski definition) is 2. The van der Waals surface area contributed by atoms with Gasteiger partial charge in [0.25, 0.3) is 0 Å². The summed E-state index contributed by atoms with van der Waals surface area (Å²) < 4.78 is 5.29. The highest BCUT2D eigenvalue weighted by molar-refractivity contribution is 5.85. The van der Waals surface area contributed by atoms with Crippen molar-refractivity contribution in [3.63, 3.8) is 0 Å². The number of ether oxygens (including phenoxy) is 1. The van der Waals surface area contributed by atoms with Gasteiger partial charge in [-0.1, -0.05) is 13.8 Å². The molecule has 4 nitrogen and oxygen atoms in total. The summed E-state index contributed by atoms with van der Waals surface area (Å²) in [6.45, 7) is 7.32. The van der Waals surface area contributed by atoms with Crippen LogP contribution in [0.4, 0.5) is 0 Å². The summed E-state index contributed by atoms with van der Waals surface area (Å²) in [4.78, 5) is 11.9. The molecule has 0 radical (unpaired) electrons. The standard InChI is InChI=1S/C13H24N2O2.ClH/c1-10(2)7-13(3-4-13)9-15-12(16)11-8-17-6-5-14-11;/h10-11,14H,3-9H2,1-2H3,(H,15,16);1H. The number of amides is 1. The van der Waals surface area contributed by atoms with Gasteiger partial charge in [-0.05, 0) is 30.6 Å². The Morgan fingerprint density at radius 2 is 2.22 bits per heavy atom. The van der Waals surface area contributed by atoms with Gasteiger partial charge in [0.1, 0.15) is 6.04 Å². The quantitative estimate of drug-likeness (QED) is 0.797. The molecule has 1 heterocycles. The minimum absolute atomic E-state index is 0. The molecule has 1 atom stereocenters. The van der Waals surface area contributed by atoms with Crippen LogP contribution in [0, 0.1) is 11.3 Å². The van der Waals surface area contributed by atoms with E-state index in [1.165, 1.54) is 19.3 Å². The molecule has 0 aromatic carbocycles. The van der Waals surface area contributed by atoms with Crippen molar-refractivity contribution < 1.29 is 9.53 Å². The molecule has 2 aliphatic rings. The van der Waals surface area contributed by atoms with Gasteiger partial charge in [-0.3, -0.25) is 4.79 Å². The minimum Gasteiger partial charge on any atom is -0.378 e. The lowest BCUT2D eigenvalue weighted by Crippen LogP contribution is -2.52. The average Bonchev–Trinajstić information content (AvgIpc) is 3.06. The van der Waals surface area contributed by atoms with Gasteiger partial charge in [-0.2, -0.15) is 0 Å². The Labute approximate surface area is 116 Å². The fraction of sp³-hybridized carbons (Fsp3) is 0.923. The zero-order valence-electron chi connectivity index (χ0n) is 11.3. The highest BCUT2D eigenvalue weighted by Gasteiger charge is 2.43. The SMILES string of the molecule is CC(C)CC1(CNC(=O)C2COCCN2)CC1.Cl. The maximum atomic E-state index is 11.9. The van der Waals surface area contributed by atoms with Gasteiger partial charge in [0, 0.05) is 13.1 Å². The van der Waals surface area contributed by atoms with Crippen molar-refractivity contribution in [1.82, 2.24) is 10.6 Å². The molecule has 0 bridgehead atoms. The summed E-state index contributed by atoms with van der Waals surface area (Å²) in [5.74, 6) is 0.810. The van der Waals surface area contributed by atoms with E-state index in [2.05, 4.69) is 24.5 Å². The average molecular weight is 277 g/mol. The Morgan fingerprint density at radius 1 is 1.50 bits per heavy atom. The normalized spacial score (nSPS) is 25.4. The van der Waals surface area contributed by atoms with E-state index in [0.29, 0.717) is 24.5 Å². The predicted octanol–water partition coefficient (Wildman–Crippen LogP) is 1.34. The summed E-state index contributed by atoms with van der Waals surface area (Å²) in [6, 6.07) is -0.154. The first-order valence-corrected chi connectivity index (χ1v) is 6.70. The first-order valence-electron chi connectivity index (χ1n) is 6.70. The van der Waals surface area contributed by atoms with Crippen molar-refractivity contribution in [2.24, 2.45) is 11.3 Å². The fourth-order valence-corrected chi connectivity index (χ4v) is 2.63. The molecule has 2 N–H and O–H groups in total. The molecule has 1 saturated carbocycles. The van der Waals surface area contributed by atoms with Gasteiger partial charge in [-0.25, -0.2) is 0 Å². The van der Waals surface area contributed by atoms with Crippen molar-refractivity contribution in [2.45, 2.75) is 39.2 Å². The van der Waals surface area contributed by atoms with Crippen LogP contribution in [0.2, 0.25) is 0 Å². The molecule has 1 aliphatic carbocycles. The second-order valence-electron chi connectivity index (χ2n) is 5.90. The van der Waals surface area contributed by atoms with Crippen molar-refractivity contribution in [1.29, 1.82) is 0 Å². The minimum atomic E-state index is -0.154. The molecule has 1 unspecified atom stereocenters. The molecule has 5 heteroatoms. The van der Waals surface area contributed by atoms with Gasteiger partial charge in [0.2, 0.25) is 5.91 Å². The zero-order valence-corrected chi connectivity index (χ0v) is 12.1. The number of rotatable bonds is 5. The Bertz CT molecular complexity index is 274. The van der Waals surface area contributed by atoms with E-state index in [0.717, 1.165) is 13.1 Å². The summed E-state index contributed by atoms with van der Waals surface area (Å²) >= 11 is 0. The van der Waals surface area contributed by atoms with E-state index in [1.807, 2.05) is 0 Å². The molecule has 0 aromatic heterocycles. The molecule has 0 spiro atoms. The zero-order chi connectivity index (χ0) is 12.3. The highest BCUT2D eigenvalue weighted by Crippen LogP contribution is 2.49. The van der Waals surface area contributed by atoms with E-state index in [-0.39, 0.29) is 24.4 Å². The lowest BCUT2D eigenvalue weighted by molar-refractivity contribution is -0.126. The molecule has 1 aliphatic heterocycles. The van der Waals surface area contributed by atoms with Crippen molar-refractivity contribution in [3.05, 3.63) is 0 Å². The Balaban J connectivity index is 0.00000162. The molecule has 2 fully saturated rings. The topological polar surface area (TPSA) is 50.4 Å². The third-order valence-electron chi connectivity index (χ3n) is 3.67. The molecule has 1 amide bonds. The van der Waals surface area contributed by atoms with E-state index < -0.39 is 0 Å². The third kappa shape index (κ3) is 4.41. The second-order valence-corrected chi connectivity index (χ2v) is 5.90. The van der Waals surface area contributed by atoms with Gasteiger partial charge >= 0.3 is 0 Å². The van der Waals surface area contributed by atoms with Crippen molar-refractivity contribution in [3.8, 4) is 0 Å². The van der Waals surface area contributed by atoms with Crippen LogP contribution in [0.5, 0.6) is 0 Å². The molecular formula is C13H25ClN2O2. The van der Waals surface area contributed by atoms with E-state index in [4.69, 9.17) is 4.74 Å². The van der Waals surface area contributed by atoms with E-state index >= 15 is 0 Å². The largest absolute Gasteiger partial charge is 0.378 e. The van der Waals surface area contributed by atoms with Gasteiger partial charge < -0.3 is 15.4 Å². The van der Waals surface area contributed by atoms with Crippen molar-refractivity contribution >= 4 is 18.3 Å². The maximum Gasteiger partial charge on any atom is 0.239 e. The third-order valence-corrected chi connectivity index (χ3v) is 3.67. The van der Waals surface area contributed by atoms with Gasteiger partial charge in [-0.15, -0.1) is 12.4 Å². The first-order chi connectivity index (χ1) is 8.11. The molecular weight excluding hydrogens is 252 g/mol. The van der Waals surface area contributed by atoms with E-state index in [9.17, 15) is 4.79 Å². The van der Waals surface area contributed by atoms with Crippen LogP contribution in [-0.4, -0.2) is 38.3 Å². The van der Waals surface area contributed by atoms with Crippen LogP contribution in [0.15, 0.2) is 0 Å². The summed E-state index contributed by atoms with van der Waals surface area (Å²) in [5, 5.41) is 6.26. The summed E-state index contributed by atoms with van der Waals surface area (Å²) in [6.07, 6.45) is 3.75. The van der Waals surface area contributed by atoms with Crippen LogP contribution in [-0.2, 0) is 9.53 Å². The summed E-state index contributed by atoms with van der Waals surface area (Å²) in [7, 11) is 0. The lowest BCUT2D eigenvalue weighted by atomic mass is 9.94. The number of halogens is 1. The number of carbonyl (C=O) groups excluding carboxylic acids is 1. The van der Waals surface area contributed by atoms with Crippen LogP contribution in [0.1, 0.15) is 33.1 Å². The highest BCUT2D eigenvalue weighted by atomic mass is 35.5. The molecule has 0 aromatic rings. The van der Waals surface area contributed by atoms with Crippen molar-refractivity contribution in [2.75, 3.05) is 26.3 Å². The monoisotopic (exact) mass is 276 g/mol. The smallest absolute Gasteiger partial charge is 0.239 e. The van der Waals surface area contributed by atoms with Crippen LogP contribution >= 0.6 is 12.4 Å². The number of nitrogens with one attached hydrogen (secondary N) is 2. The van der Waals surface area contributed by atoms with Crippen LogP contribution in [0.3, 0.4) is 0 Å². The number of hydrogen-bond acceptors (Lipinski definition) is 3. The molecule has 106 valence electrons. The number of morpholine rings is 1. The van der Waals surface area contributed by atoms with Crippen LogP contribution in [0.25, 0.3) is 0 Å². The summed E-state index contributed by atoms with van der Waals surface area (Å²) in [5.41, 5.74) is 0.402. The Morgan fingerprint density at radius 3 is 2.72 bits per heavy atom. The molecule has 18 heavy (non-hydrogen) atoms. The van der Waals surface area contributed by atoms with Gasteiger partial charge in [0.05, 0.1) is 13.2 Å². The first kappa shape index (κ1) is 15.7. The van der Waals surface area contributed by atoms with E-state index in [1.54, 1.807) is 0 Å². The fourth-order valence-electron chi connectivity index (χ4n) is 2.63. The molecule has 1 saturated heterocycles. The Hall–Kier alpha value is -0.320. The lowest BCUT2D eigenvalue weighted by Gasteiger charge is -2.24. The molecule has 2 rings (SSSR count). The Kier molecular flexibility index (Phi) is 5.89. The predicted molar refractivity (Wildman–Crippen MR) is 74.0 cm³/mol. The van der Waals surface area contributed by atoms with Gasteiger partial charge in [0.15, 0.2) is 0 Å². The maximum absolute atomic E-state index is 11.9. The number of carbonyl (C=O) groups is 1.